The van der Waals surface area contributed by atoms with Crippen molar-refractivity contribution in [3.05, 3.63) is 53.6 Å². The third kappa shape index (κ3) is 4.43. The highest BCUT2D eigenvalue weighted by Gasteiger charge is 2.46. The number of alkyl halides is 3. The van der Waals surface area contributed by atoms with E-state index < -0.39 is 40.9 Å². The van der Waals surface area contributed by atoms with Crippen LogP contribution < -0.4 is 10.2 Å². The summed E-state index contributed by atoms with van der Waals surface area (Å²) in [6, 6.07) is 1.20. The minimum atomic E-state index is -4.73. The molecule has 1 saturated heterocycles. The molecule has 0 saturated carbocycles. The number of nitrogens with zero attached hydrogens (tertiary/aromatic N) is 5. The van der Waals surface area contributed by atoms with E-state index >= 15 is 0 Å². The third-order valence-electron chi connectivity index (χ3n) is 6.05. The second-order valence-electron chi connectivity index (χ2n) is 8.52. The second-order valence-corrected chi connectivity index (χ2v) is 8.52. The molecule has 2 N–H and O–H groups in total. The first-order valence-electron chi connectivity index (χ1n) is 10.5. The van der Waals surface area contributed by atoms with Crippen LogP contribution >= 0.6 is 0 Å². The Morgan fingerprint density at radius 3 is 2.60 bits per heavy atom. The van der Waals surface area contributed by atoms with Gasteiger partial charge in [-0.15, -0.1) is 0 Å². The number of anilines is 1. The van der Waals surface area contributed by atoms with Crippen molar-refractivity contribution in [3.63, 3.8) is 0 Å². The van der Waals surface area contributed by atoms with Gasteiger partial charge in [0.1, 0.15) is 23.2 Å². The predicted molar refractivity (Wildman–Crippen MR) is 114 cm³/mol. The van der Waals surface area contributed by atoms with Gasteiger partial charge in [-0.25, -0.2) is 8.78 Å². The van der Waals surface area contributed by atoms with Crippen molar-refractivity contribution in [3.8, 4) is 17.2 Å². The van der Waals surface area contributed by atoms with Gasteiger partial charge in [-0.05, 0) is 19.9 Å². The van der Waals surface area contributed by atoms with Crippen LogP contribution in [0.25, 0.3) is 11.1 Å². The van der Waals surface area contributed by atoms with Crippen LogP contribution in [0.5, 0.6) is 0 Å². The van der Waals surface area contributed by atoms with Gasteiger partial charge < -0.3 is 10.2 Å². The summed E-state index contributed by atoms with van der Waals surface area (Å²) in [5.74, 6) is -3.52. The van der Waals surface area contributed by atoms with Crippen molar-refractivity contribution in [2.45, 2.75) is 38.0 Å². The molecule has 0 radical (unpaired) electrons. The summed E-state index contributed by atoms with van der Waals surface area (Å²) >= 11 is 0. The van der Waals surface area contributed by atoms with Gasteiger partial charge >= 0.3 is 6.18 Å². The van der Waals surface area contributed by atoms with Crippen molar-refractivity contribution >= 4 is 11.6 Å². The summed E-state index contributed by atoms with van der Waals surface area (Å²) in [7, 11) is 0. The first kappa shape index (κ1) is 24.2. The Kier molecular flexibility index (Phi) is 6.00. The van der Waals surface area contributed by atoms with E-state index in [2.05, 4.69) is 21.4 Å². The molecule has 1 amide bonds. The number of amides is 1. The molecule has 3 heterocycles. The molecule has 1 aliphatic heterocycles. The largest absolute Gasteiger partial charge is 0.408 e. The molecule has 4 rings (SSSR count). The van der Waals surface area contributed by atoms with E-state index in [1.165, 1.54) is 4.90 Å². The maximum atomic E-state index is 14.8. The maximum Gasteiger partial charge on any atom is 0.408 e. The zero-order valence-electron chi connectivity index (χ0n) is 18.6. The highest BCUT2D eigenvalue weighted by molar-refractivity contribution is 5.95. The lowest BCUT2D eigenvalue weighted by Gasteiger charge is -2.50. The fourth-order valence-electron chi connectivity index (χ4n) is 3.99. The van der Waals surface area contributed by atoms with Gasteiger partial charge in [0.15, 0.2) is 0 Å². The molecule has 1 fully saturated rings. The van der Waals surface area contributed by atoms with Crippen LogP contribution in [0.1, 0.15) is 29.4 Å². The number of hydrogen-bond acceptors (Lipinski definition) is 5. The minimum Gasteiger partial charge on any atom is -0.364 e. The van der Waals surface area contributed by atoms with Crippen LogP contribution in [0.3, 0.4) is 0 Å². The number of benzene rings is 1. The zero-order valence-corrected chi connectivity index (χ0v) is 18.6. The van der Waals surface area contributed by atoms with Gasteiger partial charge in [-0.2, -0.15) is 28.6 Å². The highest BCUT2D eigenvalue weighted by atomic mass is 19.4. The Bertz CT molecular complexity index is 1300. The molecule has 0 bridgehead atoms. The average Bonchev–Trinajstić information content (AvgIpc) is 3.40. The van der Waals surface area contributed by atoms with Crippen LogP contribution in [0.4, 0.5) is 27.6 Å². The summed E-state index contributed by atoms with van der Waals surface area (Å²) in [5, 5.41) is 22.1. The lowest BCUT2D eigenvalue weighted by molar-refractivity contribution is -0.149. The molecule has 1 aliphatic rings. The number of aromatic amines is 1. The van der Waals surface area contributed by atoms with Gasteiger partial charge in [-0.3, -0.25) is 14.6 Å². The number of H-pyrrole nitrogens is 1. The van der Waals surface area contributed by atoms with E-state index in [-0.39, 0.29) is 25.2 Å². The number of nitriles is 1. The van der Waals surface area contributed by atoms with Crippen LogP contribution in [-0.4, -0.2) is 51.2 Å². The van der Waals surface area contributed by atoms with E-state index in [0.29, 0.717) is 13.0 Å². The Hall–Kier alpha value is -3.95. The molecule has 13 heteroatoms. The molecular formula is C22H20F5N7O. The summed E-state index contributed by atoms with van der Waals surface area (Å²) in [4.78, 5) is 13.5. The SMILES string of the molecule is Cc1[nH]ncc1-c1cnn(C2(CC#N)CN(c3cc(F)c(C(=O)NC(C)C(F)(F)F)cc3F)C2)c1. The first-order valence-corrected chi connectivity index (χ1v) is 10.5. The number of carbonyl (C=O) groups excluding carboxylic acids is 1. The van der Waals surface area contributed by atoms with Crippen molar-refractivity contribution in [1.82, 2.24) is 25.3 Å². The highest BCUT2D eigenvalue weighted by Crippen LogP contribution is 2.38. The molecule has 3 aromatic rings. The zero-order chi connectivity index (χ0) is 25.5. The number of rotatable bonds is 6. The fraction of sp³-hybridized carbons (Fsp3) is 0.364. The van der Waals surface area contributed by atoms with Gasteiger partial charge in [0.05, 0.1) is 36.1 Å². The topological polar surface area (TPSA) is 103 Å². The Labute approximate surface area is 196 Å². The lowest BCUT2D eigenvalue weighted by Crippen LogP contribution is -2.63. The molecule has 1 aromatic carbocycles. The normalized spacial score (nSPS) is 15.9. The summed E-state index contributed by atoms with van der Waals surface area (Å²) in [5.41, 5.74) is 0.633. The smallest absolute Gasteiger partial charge is 0.364 e. The lowest BCUT2D eigenvalue weighted by atomic mass is 9.86. The molecular weight excluding hydrogens is 473 g/mol. The van der Waals surface area contributed by atoms with Gasteiger partial charge in [0, 0.05) is 42.2 Å². The van der Waals surface area contributed by atoms with Crippen LogP contribution in [0, 0.1) is 29.9 Å². The van der Waals surface area contributed by atoms with E-state index in [1.807, 2.05) is 6.92 Å². The Balaban J connectivity index is 1.54. The molecule has 1 atom stereocenters. The molecule has 184 valence electrons. The number of halogens is 5. The molecule has 1 unspecified atom stereocenters. The second kappa shape index (κ2) is 8.68. The standard InChI is InChI=1S/C22H20F5N7O/c1-12-16(8-29-32-12)14-7-30-34(9-14)21(3-4-28)10-33(11-21)19-6-17(23)15(5-18(19)24)20(35)31-13(2)22(25,26)27/h5-9,13H,3,10-11H2,1-2H3,(H,29,32)(H,31,35). The quantitative estimate of drug-likeness (QED) is 0.511. The van der Waals surface area contributed by atoms with Gasteiger partial charge in [-0.1, -0.05) is 0 Å². The molecule has 0 aliphatic carbocycles. The summed E-state index contributed by atoms with van der Waals surface area (Å²) in [6.07, 6.45) is 0.337. The Morgan fingerprint density at radius 2 is 2.00 bits per heavy atom. The minimum absolute atomic E-state index is 0.0505. The van der Waals surface area contributed by atoms with E-state index in [0.717, 1.165) is 22.9 Å². The van der Waals surface area contributed by atoms with E-state index in [1.54, 1.807) is 28.6 Å². The van der Waals surface area contributed by atoms with Gasteiger partial charge in [0.2, 0.25) is 0 Å². The summed E-state index contributed by atoms with van der Waals surface area (Å²) in [6.45, 7) is 2.79. The first-order chi connectivity index (χ1) is 16.4. The Morgan fingerprint density at radius 1 is 1.29 bits per heavy atom. The van der Waals surface area contributed by atoms with E-state index in [9.17, 15) is 32.0 Å². The number of aromatic nitrogens is 4. The number of carbonyl (C=O) groups is 1. The predicted octanol–water partition coefficient (Wildman–Crippen LogP) is 3.67. The van der Waals surface area contributed by atoms with Crippen molar-refractivity contribution in [2.24, 2.45) is 0 Å². The van der Waals surface area contributed by atoms with Gasteiger partial charge in [0.25, 0.3) is 5.91 Å². The maximum absolute atomic E-state index is 14.8. The number of hydrogen-bond donors (Lipinski definition) is 2. The van der Waals surface area contributed by atoms with E-state index in [4.69, 9.17) is 0 Å². The van der Waals surface area contributed by atoms with Crippen LogP contribution in [-0.2, 0) is 5.54 Å². The molecule has 0 spiro atoms. The fourth-order valence-corrected chi connectivity index (χ4v) is 3.99. The monoisotopic (exact) mass is 493 g/mol. The molecule has 2 aromatic heterocycles. The molecule has 8 nitrogen and oxygen atoms in total. The van der Waals surface area contributed by atoms with Crippen molar-refractivity contribution in [1.29, 1.82) is 5.26 Å². The number of nitrogens with one attached hydrogen (secondary N) is 2. The summed E-state index contributed by atoms with van der Waals surface area (Å²) < 4.78 is 69.1. The van der Waals surface area contributed by atoms with Crippen molar-refractivity contribution in [2.75, 3.05) is 18.0 Å². The van der Waals surface area contributed by atoms with Crippen molar-refractivity contribution < 1.29 is 26.7 Å². The average molecular weight is 493 g/mol. The van der Waals surface area contributed by atoms with Crippen LogP contribution in [0.15, 0.2) is 30.7 Å². The van der Waals surface area contributed by atoms with Crippen LogP contribution in [0.2, 0.25) is 0 Å². The molecule has 35 heavy (non-hydrogen) atoms. The third-order valence-corrected chi connectivity index (χ3v) is 6.05. The number of aryl methyl sites for hydroxylation is 1.